The second-order valence-corrected chi connectivity index (χ2v) is 5.07. The predicted molar refractivity (Wildman–Crippen MR) is 75.8 cm³/mol. The molecule has 122 valence electrons. The number of hydrogen-bond acceptors (Lipinski definition) is 6. The van der Waals surface area contributed by atoms with Crippen molar-refractivity contribution in [1.82, 2.24) is 0 Å². The van der Waals surface area contributed by atoms with Crippen molar-refractivity contribution in [3.05, 3.63) is 22.8 Å². The minimum atomic E-state index is -1.57. The molecule has 0 amide bonds. The maximum atomic E-state index is 12.1. The SMILES string of the molecule is COC(=O)C1(C(=O)OC)CC(=C(\C)C(=O)O)/C(=C/CCO)C1. The third-order valence-electron chi connectivity index (χ3n) is 3.80. The Labute approximate surface area is 128 Å². The number of esters is 2. The Hall–Kier alpha value is -2.15. The first kappa shape index (κ1) is 17.9. The minimum absolute atomic E-state index is 0.00764. The molecule has 0 spiro atoms. The van der Waals surface area contributed by atoms with Gasteiger partial charge in [0.1, 0.15) is 0 Å². The second-order valence-electron chi connectivity index (χ2n) is 5.07. The van der Waals surface area contributed by atoms with Crippen LogP contribution in [0.4, 0.5) is 0 Å². The van der Waals surface area contributed by atoms with Gasteiger partial charge in [0.25, 0.3) is 0 Å². The minimum Gasteiger partial charge on any atom is -0.478 e. The van der Waals surface area contributed by atoms with E-state index in [0.29, 0.717) is 17.6 Å². The summed E-state index contributed by atoms with van der Waals surface area (Å²) in [7, 11) is 2.33. The van der Waals surface area contributed by atoms with Crippen molar-refractivity contribution in [2.24, 2.45) is 5.41 Å². The predicted octanol–water partition coefficient (Wildman–Crippen LogP) is 0.822. The lowest BCUT2D eigenvalue weighted by Crippen LogP contribution is -2.38. The zero-order valence-corrected chi connectivity index (χ0v) is 12.8. The van der Waals surface area contributed by atoms with Gasteiger partial charge in [0.15, 0.2) is 5.41 Å². The molecule has 0 aromatic carbocycles. The summed E-state index contributed by atoms with van der Waals surface area (Å²) in [6.07, 6.45) is 1.83. The lowest BCUT2D eigenvalue weighted by Gasteiger charge is -2.21. The van der Waals surface area contributed by atoms with Crippen LogP contribution in [0, 0.1) is 5.41 Å². The molecular formula is C15H20O7. The summed E-state index contributed by atoms with van der Waals surface area (Å²) in [6, 6.07) is 0. The number of carbonyl (C=O) groups excluding carboxylic acids is 2. The molecule has 0 aromatic heterocycles. The zero-order valence-electron chi connectivity index (χ0n) is 12.8. The van der Waals surface area contributed by atoms with Gasteiger partial charge in [-0.2, -0.15) is 0 Å². The summed E-state index contributed by atoms with van der Waals surface area (Å²) in [4.78, 5) is 35.5. The van der Waals surface area contributed by atoms with E-state index in [1.807, 2.05) is 0 Å². The highest BCUT2D eigenvalue weighted by molar-refractivity contribution is 6.02. The Kier molecular flexibility index (Phi) is 5.87. The van der Waals surface area contributed by atoms with Gasteiger partial charge < -0.3 is 19.7 Å². The molecule has 0 atom stereocenters. The van der Waals surface area contributed by atoms with Crippen molar-refractivity contribution in [2.75, 3.05) is 20.8 Å². The summed E-state index contributed by atoms with van der Waals surface area (Å²) in [5.41, 5.74) is -0.572. The molecule has 0 unspecified atom stereocenters. The van der Waals surface area contributed by atoms with Crippen LogP contribution in [0.5, 0.6) is 0 Å². The van der Waals surface area contributed by atoms with Crippen LogP contribution in [-0.2, 0) is 23.9 Å². The first-order valence-corrected chi connectivity index (χ1v) is 6.74. The number of aliphatic hydroxyl groups is 1. The average molecular weight is 312 g/mol. The quantitative estimate of drug-likeness (QED) is 0.439. The summed E-state index contributed by atoms with van der Waals surface area (Å²) in [5.74, 6) is -2.65. The molecule has 0 aliphatic heterocycles. The van der Waals surface area contributed by atoms with Gasteiger partial charge in [0.05, 0.1) is 14.2 Å². The van der Waals surface area contributed by atoms with Crippen LogP contribution in [0.25, 0.3) is 0 Å². The number of allylic oxidation sites excluding steroid dienone is 2. The van der Waals surface area contributed by atoms with E-state index < -0.39 is 23.3 Å². The van der Waals surface area contributed by atoms with Gasteiger partial charge in [-0.3, -0.25) is 9.59 Å². The molecule has 1 saturated carbocycles. The van der Waals surface area contributed by atoms with E-state index >= 15 is 0 Å². The van der Waals surface area contributed by atoms with E-state index in [4.69, 9.17) is 14.6 Å². The molecule has 1 fully saturated rings. The lowest BCUT2D eigenvalue weighted by atomic mass is 9.85. The molecule has 22 heavy (non-hydrogen) atoms. The average Bonchev–Trinajstić information content (AvgIpc) is 2.91. The number of methoxy groups -OCH3 is 2. The van der Waals surface area contributed by atoms with Crippen LogP contribution in [0.1, 0.15) is 26.2 Å². The Morgan fingerprint density at radius 1 is 1.18 bits per heavy atom. The first-order valence-electron chi connectivity index (χ1n) is 6.74. The van der Waals surface area contributed by atoms with Crippen LogP contribution in [0.3, 0.4) is 0 Å². The fourth-order valence-electron chi connectivity index (χ4n) is 2.61. The van der Waals surface area contributed by atoms with E-state index in [1.54, 1.807) is 6.08 Å². The number of carboxylic acids is 1. The van der Waals surface area contributed by atoms with Gasteiger partial charge in [-0.1, -0.05) is 6.08 Å². The summed E-state index contributed by atoms with van der Waals surface area (Å²) < 4.78 is 9.43. The second kappa shape index (κ2) is 7.22. The molecule has 7 heteroatoms. The standard InChI is InChI=1S/C15H20O7/c1-9(12(17)18)11-8-15(13(19)21-2,14(20)22-3)7-10(11)5-4-6-16/h5,16H,4,6-8H2,1-3H3,(H,17,18)/b10-5+,11-9-. The third-order valence-corrected chi connectivity index (χ3v) is 3.80. The molecule has 0 bridgehead atoms. The Bertz CT molecular complexity index is 526. The van der Waals surface area contributed by atoms with E-state index in [0.717, 1.165) is 14.2 Å². The largest absolute Gasteiger partial charge is 0.478 e. The zero-order chi connectivity index (χ0) is 16.9. The molecule has 1 aliphatic carbocycles. The van der Waals surface area contributed by atoms with Crippen LogP contribution in [0.2, 0.25) is 0 Å². The van der Waals surface area contributed by atoms with E-state index in [-0.39, 0.29) is 25.0 Å². The van der Waals surface area contributed by atoms with Gasteiger partial charge in [-0.05, 0) is 30.9 Å². The monoisotopic (exact) mass is 312 g/mol. The molecule has 1 rings (SSSR count). The maximum absolute atomic E-state index is 12.1. The van der Waals surface area contributed by atoms with Crippen molar-refractivity contribution in [2.45, 2.75) is 26.2 Å². The Balaban J connectivity index is 3.43. The smallest absolute Gasteiger partial charge is 0.331 e. The van der Waals surface area contributed by atoms with Gasteiger partial charge in [-0.25, -0.2) is 4.79 Å². The molecule has 0 radical (unpaired) electrons. The van der Waals surface area contributed by atoms with Crippen LogP contribution >= 0.6 is 0 Å². The van der Waals surface area contributed by atoms with Gasteiger partial charge in [0, 0.05) is 18.6 Å². The molecule has 2 N–H and O–H groups in total. The number of carboxylic acid groups (broad SMARTS) is 1. The van der Waals surface area contributed by atoms with E-state index in [9.17, 15) is 19.5 Å². The Morgan fingerprint density at radius 2 is 1.73 bits per heavy atom. The number of rotatable bonds is 5. The molecule has 1 aliphatic rings. The summed E-state index contributed by atoms with van der Waals surface area (Å²) >= 11 is 0. The van der Waals surface area contributed by atoms with Gasteiger partial charge >= 0.3 is 17.9 Å². The van der Waals surface area contributed by atoms with Crippen LogP contribution in [0.15, 0.2) is 22.8 Å². The van der Waals surface area contributed by atoms with Crippen molar-refractivity contribution in [1.29, 1.82) is 0 Å². The fourth-order valence-corrected chi connectivity index (χ4v) is 2.61. The highest BCUT2D eigenvalue weighted by atomic mass is 16.5. The fraction of sp³-hybridized carbons (Fsp3) is 0.533. The highest BCUT2D eigenvalue weighted by Gasteiger charge is 2.54. The summed E-state index contributed by atoms with van der Waals surface area (Å²) in [6.45, 7) is 1.29. The molecular weight excluding hydrogens is 292 g/mol. The number of aliphatic hydroxyl groups excluding tert-OH is 1. The Morgan fingerprint density at radius 3 is 2.14 bits per heavy atom. The molecule has 0 aromatic rings. The maximum Gasteiger partial charge on any atom is 0.331 e. The lowest BCUT2D eigenvalue weighted by molar-refractivity contribution is -0.168. The highest BCUT2D eigenvalue weighted by Crippen LogP contribution is 2.48. The third kappa shape index (κ3) is 3.19. The van der Waals surface area contributed by atoms with Crippen molar-refractivity contribution < 1.29 is 34.1 Å². The van der Waals surface area contributed by atoms with E-state index in [2.05, 4.69) is 0 Å². The first-order chi connectivity index (χ1) is 10.3. The molecule has 0 heterocycles. The normalized spacial score (nSPS) is 20.6. The molecule has 7 nitrogen and oxygen atoms in total. The van der Waals surface area contributed by atoms with Crippen molar-refractivity contribution in [3.63, 3.8) is 0 Å². The topological polar surface area (TPSA) is 110 Å². The number of hydrogen-bond donors (Lipinski definition) is 2. The number of ether oxygens (including phenoxy) is 2. The number of carbonyl (C=O) groups is 3. The van der Waals surface area contributed by atoms with Gasteiger partial charge in [-0.15, -0.1) is 0 Å². The summed E-state index contributed by atoms with van der Waals surface area (Å²) in [5, 5.41) is 18.1. The van der Waals surface area contributed by atoms with Crippen LogP contribution < -0.4 is 0 Å². The molecule has 0 saturated heterocycles. The van der Waals surface area contributed by atoms with Gasteiger partial charge in [0.2, 0.25) is 0 Å². The van der Waals surface area contributed by atoms with Crippen LogP contribution in [-0.4, -0.2) is 48.9 Å². The number of aliphatic carboxylic acids is 1. The van der Waals surface area contributed by atoms with Crippen molar-refractivity contribution >= 4 is 17.9 Å². The van der Waals surface area contributed by atoms with Crippen molar-refractivity contribution in [3.8, 4) is 0 Å². The van der Waals surface area contributed by atoms with E-state index in [1.165, 1.54) is 6.92 Å².